The van der Waals surface area contributed by atoms with E-state index in [4.69, 9.17) is 16.7 Å². The van der Waals surface area contributed by atoms with Gasteiger partial charge in [0.15, 0.2) is 0 Å². The molecule has 4 N–H and O–H groups in total. The van der Waals surface area contributed by atoms with Crippen molar-refractivity contribution in [3.05, 3.63) is 65.4 Å². The van der Waals surface area contributed by atoms with E-state index in [1.165, 1.54) is 30.5 Å². The maximum atomic E-state index is 12.0. The molecule has 144 valence electrons. The van der Waals surface area contributed by atoms with Crippen molar-refractivity contribution in [3.8, 4) is 22.6 Å². The van der Waals surface area contributed by atoms with Gasteiger partial charge >= 0.3 is 5.97 Å². The Hall–Kier alpha value is -3.14. The Kier molecular flexibility index (Phi) is 5.50. The standard InChI is InChI=1S/C18H13ClN2O6S/c19-17-15(10-1-4-13(22)5-2-10)7-12(9-20-17)21(28(26)27)11-3-6-14(18(24)25)16(23)8-11/h1-9,22-23H,(H,24,25)(H,26,27). The van der Waals surface area contributed by atoms with Crippen LogP contribution in [0.4, 0.5) is 11.4 Å². The number of carbonyl (C=O) groups is 1. The Morgan fingerprint density at radius 2 is 1.71 bits per heavy atom. The average Bonchev–Trinajstić information content (AvgIpc) is 2.63. The van der Waals surface area contributed by atoms with Crippen LogP contribution in [0.15, 0.2) is 54.7 Å². The van der Waals surface area contributed by atoms with E-state index in [9.17, 15) is 23.8 Å². The number of nitrogens with zero attached hydrogens (tertiary/aromatic N) is 2. The second-order valence-electron chi connectivity index (χ2n) is 5.61. The maximum Gasteiger partial charge on any atom is 0.339 e. The zero-order chi connectivity index (χ0) is 20.4. The van der Waals surface area contributed by atoms with Crippen molar-refractivity contribution in [2.45, 2.75) is 0 Å². The number of benzene rings is 2. The van der Waals surface area contributed by atoms with Crippen LogP contribution in [0.2, 0.25) is 5.15 Å². The summed E-state index contributed by atoms with van der Waals surface area (Å²) in [5.41, 5.74) is 0.970. The second-order valence-corrected chi connectivity index (χ2v) is 6.80. The molecular formula is C18H13ClN2O6S. The highest BCUT2D eigenvalue weighted by atomic mass is 35.5. The van der Waals surface area contributed by atoms with Gasteiger partial charge < -0.3 is 15.3 Å². The molecule has 1 atom stereocenters. The number of aromatic carboxylic acids is 1. The van der Waals surface area contributed by atoms with E-state index in [-0.39, 0.29) is 27.8 Å². The van der Waals surface area contributed by atoms with E-state index in [2.05, 4.69) is 4.98 Å². The molecule has 1 aromatic heterocycles. The lowest BCUT2D eigenvalue weighted by atomic mass is 10.1. The molecule has 0 saturated heterocycles. The number of aromatic nitrogens is 1. The van der Waals surface area contributed by atoms with Crippen molar-refractivity contribution >= 4 is 40.2 Å². The topological polar surface area (TPSA) is 131 Å². The van der Waals surface area contributed by atoms with Crippen LogP contribution in [0.25, 0.3) is 11.1 Å². The summed E-state index contributed by atoms with van der Waals surface area (Å²) in [6.07, 6.45) is 1.27. The number of hydrogen-bond acceptors (Lipinski definition) is 5. The van der Waals surface area contributed by atoms with E-state index >= 15 is 0 Å². The van der Waals surface area contributed by atoms with Crippen LogP contribution >= 0.6 is 11.6 Å². The van der Waals surface area contributed by atoms with Gasteiger partial charge in [-0.05, 0) is 35.9 Å². The van der Waals surface area contributed by atoms with E-state index in [0.29, 0.717) is 11.1 Å². The van der Waals surface area contributed by atoms with Gasteiger partial charge in [0.05, 0.1) is 17.6 Å². The molecule has 0 amide bonds. The zero-order valence-corrected chi connectivity index (χ0v) is 15.6. The second kappa shape index (κ2) is 7.85. The Labute approximate surface area is 166 Å². The molecule has 0 aliphatic heterocycles. The number of rotatable bonds is 5. The summed E-state index contributed by atoms with van der Waals surface area (Å²) in [4.78, 5) is 15.1. The summed E-state index contributed by atoms with van der Waals surface area (Å²) in [6.45, 7) is 0. The zero-order valence-electron chi connectivity index (χ0n) is 14.0. The molecule has 3 rings (SSSR count). The molecule has 0 bridgehead atoms. The normalized spacial score (nSPS) is 11.8. The quantitative estimate of drug-likeness (QED) is 0.364. The lowest BCUT2D eigenvalue weighted by molar-refractivity contribution is 0.0693. The fraction of sp³-hybridized carbons (Fsp3) is 0. The van der Waals surface area contributed by atoms with E-state index < -0.39 is 23.0 Å². The highest BCUT2D eigenvalue weighted by Gasteiger charge is 2.20. The van der Waals surface area contributed by atoms with Gasteiger partial charge in [0.1, 0.15) is 22.2 Å². The lowest BCUT2D eigenvalue weighted by Crippen LogP contribution is -2.19. The third-order valence-corrected chi connectivity index (χ3v) is 4.88. The summed E-state index contributed by atoms with van der Waals surface area (Å²) in [5, 5.41) is 28.5. The van der Waals surface area contributed by atoms with Gasteiger partial charge in [-0.15, -0.1) is 0 Å². The van der Waals surface area contributed by atoms with Gasteiger partial charge in [-0.1, -0.05) is 23.7 Å². The van der Waals surface area contributed by atoms with Gasteiger partial charge in [0.2, 0.25) is 0 Å². The van der Waals surface area contributed by atoms with Crippen LogP contribution in [0.5, 0.6) is 11.5 Å². The molecule has 3 aromatic rings. The van der Waals surface area contributed by atoms with Crippen molar-refractivity contribution in [2.75, 3.05) is 4.31 Å². The number of halogens is 1. The lowest BCUT2D eigenvalue weighted by Gasteiger charge is -2.21. The van der Waals surface area contributed by atoms with Crippen molar-refractivity contribution in [1.29, 1.82) is 0 Å². The van der Waals surface area contributed by atoms with Crippen LogP contribution in [-0.2, 0) is 11.3 Å². The van der Waals surface area contributed by atoms with Gasteiger partial charge in [0.25, 0.3) is 11.3 Å². The molecule has 28 heavy (non-hydrogen) atoms. The number of anilines is 2. The number of phenolic OH excluding ortho intramolecular Hbond substituents is 1. The molecule has 0 radical (unpaired) electrons. The number of aromatic hydroxyl groups is 2. The van der Waals surface area contributed by atoms with Gasteiger partial charge in [-0.2, -0.15) is 0 Å². The number of hydrogen-bond donors (Lipinski definition) is 4. The van der Waals surface area contributed by atoms with E-state index in [0.717, 1.165) is 16.4 Å². The van der Waals surface area contributed by atoms with E-state index in [1.54, 1.807) is 12.1 Å². The monoisotopic (exact) mass is 420 g/mol. The SMILES string of the molecule is O=C(O)c1ccc(N(c2cnc(Cl)c(-c3ccc(O)cc3)c2)S(=O)O)cc1O. The maximum absolute atomic E-state index is 12.0. The molecular weight excluding hydrogens is 408 g/mol. The summed E-state index contributed by atoms with van der Waals surface area (Å²) >= 11 is 3.59. The summed E-state index contributed by atoms with van der Waals surface area (Å²) in [6, 6.07) is 11.1. The van der Waals surface area contributed by atoms with Crippen molar-refractivity contribution < 1.29 is 28.9 Å². The van der Waals surface area contributed by atoms with Gasteiger partial charge in [-0.25, -0.2) is 18.3 Å². The molecule has 0 aliphatic rings. The Morgan fingerprint density at radius 3 is 2.29 bits per heavy atom. The predicted octanol–water partition coefficient (Wildman–Crippen LogP) is 3.79. The Morgan fingerprint density at radius 1 is 1.04 bits per heavy atom. The molecule has 0 aliphatic carbocycles. The fourth-order valence-corrected chi connectivity index (χ4v) is 3.33. The third-order valence-electron chi connectivity index (χ3n) is 3.84. The molecule has 0 spiro atoms. The summed E-state index contributed by atoms with van der Waals surface area (Å²) in [5.74, 6) is -1.82. The fourth-order valence-electron chi connectivity index (χ4n) is 2.55. The predicted molar refractivity (Wildman–Crippen MR) is 104 cm³/mol. The van der Waals surface area contributed by atoms with Crippen LogP contribution in [0, 0.1) is 0 Å². The van der Waals surface area contributed by atoms with E-state index in [1.807, 2.05) is 0 Å². The molecule has 8 nitrogen and oxygen atoms in total. The van der Waals surface area contributed by atoms with Crippen LogP contribution in [0.3, 0.4) is 0 Å². The minimum absolute atomic E-state index is 0.0658. The number of carboxylic acids is 1. The number of phenols is 2. The van der Waals surface area contributed by atoms with Crippen LogP contribution < -0.4 is 4.31 Å². The minimum Gasteiger partial charge on any atom is -0.508 e. The highest BCUT2D eigenvalue weighted by molar-refractivity contribution is 7.81. The molecule has 1 unspecified atom stereocenters. The highest BCUT2D eigenvalue weighted by Crippen LogP contribution is 2.35. The van der Waals surface area contributed by atoms with Crippen molar-refractivity contribution in [1.82, 2.24) is 4.98 Å². The first-order chi connectivity index (χ1) is 13.3. The van der Waals surface area contributed by atoms with Crippen LogP contribution in [0.1, 0.15) is 10.4 Å². The molecule has 0 fully saturated rings. The Balaban J connectivity index is 2.10. The first kappa shape index (κ1) is 19.6. The smallest absolute Gasteiger partial charge is 0.339 e. The van der Waals surface area contributed by atoms with Crippen LogP contribution in [-0.4, -0.2) is 35.0 Å². The number of pyridine rings is 1. The first-order valence-corrected chi connectivity index (χ1v) is 9.14. The van der Waals surface area contributed by atoms with Gasteiger partial charge in [-0.3, -0.25) is 4.55 Å². The van der Waals surface area contributed by atoms with Gasteiger partial charge in [0, 0.05) is 11.6 Å². The summed E-state index contributed by atoms with van der Waals surface area (Å²) < 4.78 is 22.7. The largest absolute Gasteiger partial charge is 0.508 e. The molecule has 0 saturated carbocycles. The average molecular weight is 421 g/mol. The molecule has 2 aromatic carbocycles. The third kappa shape index (κ3) is 3.91. The molecule has 10 heteroatoms. The first-order valence-electron chi connectivity index (χ1n) is 7.70. The molecule has 1 heterocycles. The van der Waals surface area contributed by atoms with Crippen molar-refractivity contribution in [3.63, 3.8) is 0 Å². The number of carboxylic acid groups (broad SMARTS) is 1. The Bertz CT molecular complexity index is 1070. The van der Waals surface area contributed by atoms with Crippen molar-refractivity contribution in [2.24, 2.45) is 0 Å². The summed E-state index contributed by atoms with van der Waals surface area (Å²) in [7, 11) is 0. The minimum atomic E-state index is -2.55.